The Kier molecular flexibility index (Phi) is 5.55. The van der Waals surface area contributed by atoms with Gasteiger partial charge in [0.2, 0.25) is 5.91 Å². The van der Waals surface area contributed by atoms with Crippen LogP contribution in [0.5, 0.6) is 0 Å². The summed E-state index contributed by atoms with van der Waals surface area (Å²) in [6.07, 6.45) is 1.20. The smallest absolute Gasteiger partial charge is 0.345 e. The molecule has 1 aromatic heterocycles. The van der Waals surface area contributed by atoms with E-state index in [2.05, 4.69) is 31.3 Å². The lowest BCUT2D eigenvalue weighted by atomic mass is 9.80. The lowest BCUT2D eigenvalue weighted by Crippen LogP contribution is -2.26. The summed E-state index contributed by atoms with van der Waals surface area (Å²) in [6, 6.07) is 13.5. The normalized spacial score (nSPS) is 11.2. The number of hydrogen-bond donors (Lipinski definition) is 2. The van der Waals surface area contributed by atoms with Crippen molar-refractivity contribution in [1.29, 1.82) is 0 Å². The van der Waals surface area contributed by atoms with Gasteiger partial charge >= 0.3 is 5.97 Å². The van der Waals surface area contributed by atoms with Gasteiger partial charge in [-0.3, -0.25) is 4.79 Å². The van der Waals surface area contributed by atoms with E-state index in [0.29, 0.717) is 17.8 Å². The van der Waals surface area contributed by atoms with Crippen molar-refractivity contribution < 1.29 is 14.7 Å². The Morgan fingerprint density at radius 2 is 1.83 bits per heavy atom. The fourth-order valence-corrected chi connectivity index (χ4v) is 3.11. The highest BCUT2D eigenvalue weighted by Gasteiger charge is 2.21. The molecular weight excluding hydrogens is 310 g/mol. The van der Waals surface area contributed by atoms with Crippen LogP contribution in [-0.4, -0.2) is 17.0 Å². The lowest BCUT2D eigenvalue weighted by molar-refractivity contribution is -0.121. The first-order valence-electron chi connectivity index (χ1n) is 7.53. The summed E-state index contributed by atoms with van der Waals surface area (Å²) in [6.45, 7) is 4.64. The molecule has 23 heavy (non-hydrogen) atoms. The molecule has 0 aliphatic rings. The van der Waals surface area contributed by atoms with Crippen LogP contribution in [0, 0.1) is 0 Å². The molecule has 0 fully saturated rings. The molecule has 4 nitrogen and oxygen atoms in total. The number of amides is 1. The quantitative estimate of drug-likeness (QED) is 0.810. The number of carboxylic acids is 1. The SMILES string of the molecule is CC(C)(CCC(=O)NCc1ccc(C(=O)O)s1)c1ccccc1. The standard InChI is InChI=1S/C18H21NO3S/c1-18(2,13-6-4-3-5-7-13)11-10-16(20)19-12-14-8-9-15(23-14)17(21)22/h3-9H,10-12H2,1-2H3,(H,19,20)(H,21,22). The number of nitrogens with one attached hydrogen (secondary N) is 1. The number of thiophene rings is 1. The maximum absolute atomic E-state index is 12.0. The number of carbonyl (C=O) groups excluding carboxylic acids is 1. The van der Waals surface area contributed by atoms with Gasteiger partial charge in [0.05, 0.1) is 6.54 Å². The van der Waals surface area contributed by atoms with E-state index < -0.39 is 5.97 Å². The van der Waals surface area contributed by atoms with Crippen LogP contribution in [0.1, 0.15) is 46.8 Å². The minimum absolute atomic E-state index is 0.0146. The minimum Gasteiger partial charge on any atom is -0.477 e. The van der Waals surface area contributed by atoms with Gasteiger partial charge in [-0.05, 0) is 29.5 Å². The molecule has 0 aliphatic carbocycles. The molecule has 1 amide bonds. The van der Waals surface area contributed by atoms with Crippen LogP contribution in [-0.2, 0) is 16.8 Å². The van der Waals surface area contributed by atoms with Crippen LogP contribution in [0.4, 0.5) is 0 Å². The first kappa shape index (κ1) is 17.2. The van der Waals surface area contributed by atoms with Gasteiger partial charge in [-0.15, -0.1) is 11.3 Å². The molecule has 0 spiro atoms. The van der Waals surface area contributed by atoms with Crippen molar-refractivity contribution in [3.8, 4) is 0 Å². The summed E-state index contributed by atoms with van der Waals surface area (Å²) in [7, 11) is 0. The summed E-state index contributed by atoms with van der Waals surface area (Å²) in [4.78, 5) is 24.0. The molecule has 0 unspecified atom stereocenters. The van der Waals surface area contributed by atoms with Crippen molar-refractivity contribution in [2.45, 2.75) is 38.6 Å². The molecule has 0 aliphatic heterocycles. The Balaban J connectivity index is 1.81. The molecular formula is C18H21NO3S. The predicted octanol–water partition coefficient (Wildman–Crippen LogP) is 3.82. The van der Waals surface area contributed by atoms with Gasteiger partial charge in [-0.2, -0.15) is 0 Å². The average molecular weight is 331 g/mol. The average Bonchev–Trinajstić information content (AvgIpc) is 3.01. The lowest BCUT2D eigenvalue weighted by Gasteiger charge is -2.25. The predicted molar refractivity (Wildman–Crippen MR) is 91.8 cm³/mol. The van der Waals surface area contributed by atoms with Crippen molar-refractivity contribution in [2.75, 3.05) is 0 Å². The zero-order valence-electron chi connectivity index (χ0n) is 13.3. The summed E-state index contributed by atoms with van der Waals surface area (Å²) in [5.74, 6) is -0.948. The van der Waals surface area contributed by atoms with Gasteiger partial charge in [-0.1, -0.05) is 44.2 Å². The fraction of sp³-hybridized carbons (Fsp3) is 0.333. The van der Waals surface area contributed by atoms with Crippen molar-refractivity contribution in [3.63, 3.8) is 0 Å². The molecule has 0 atom stereocenters. The largest absolute Gasteiger partial charge is 0.477 e. The second-order valence-corrected chi connectivity index (χ2v) is 7.27. The molecule has 2 rings (SSSR count). The third-order valence-electron chi connectivity index (χ3n) is 3.86. The van der Waals surface area contributed by atoms with Crippen LogP contribution < -0.4 is 5.32 Å². The molecule has 0 saturated heterocycles. The molecule has 122 valence electrons. The third kappa shape index (κ3) is 4.93. The molecule has 1 heterocycles. The summed E-state index contributed by atoms with van der Waals surface area (Å²) in [5, 5.41) is 11.7. The van der Waals surface area contributed by atoms with E-state index in [4.69, 9.17) is 5.11 Å². The van der Waals surface area contributed by atoms with E-state index in [1.807, 2.05) is 18.2 Å². The molecule has 1 aromatic carbocycles. The third-order valence-corrected chi connectivity index (χ3v) is 4.94. The second kappa shape index (κ2) is 7.42. The van der Waals surface area contributed by atoms with E-state index in [0.717, 1.165) is 11.3 Å². The zero-order valence-corrected chi connectivity index (χ0v) is 14.2. The number of hydrogen-bond acceptors (Lipinski definition) is 3. The van der Waals surface area contributed by atoms with E-state index in [1.54, 1.807) is 12.1 Å². The number of carbonyl (C=O) groups is 2. The Morgan fingerprint density at radius 3 is 2.43 bits per heavy atom. The topological polar surface area (TPSA) is 66.4 Å². The highest BCUT2D eigenvalue weighted by molar-refractivity contribution is 7.13. The Labute approximate surface area is 140 Å². The zero-order chi connectivity index (χ0) is 16.9. The van der Waals surface area contributed by atoms with E-state index in [9.17, 15) is 9.59 Å². The van der Waals surface area contributed by atoms with Gasteiger partial charge in [-0.25, -0.2) is 4.79 Å². The molecule has 2 N–H and O–H groups in total. The monoisotopic (exact) mass is 331 g/mol. The highest BCUT2D eigenvalue weighted by Crippen LogP contribution is 2.28. The number of rotatable bonds is 7. The van der Waals surface area contributed by atoms with Crippen molar-refractivity contribution >= 4 is 23.2 Å². The number of aromatic carboxylic acids is 1. The second-order valence-electron chi connectivity index (χ2n) is 6.10. The van der Waals surface area contributed by atoms with Crippen LogP contribution in [0.2, 0.25) is 0 Å². The van der Waals surface area contributed by atoms with Crippen LogP contribution in [0.15, 0.2) is 42.5 Å². The minimum atomic E-state index is -0.933. The van der Waals surface area contributed by atoms with Crippen LogP contribution >= 0.6 is 11.3 Å². The maximum atomic E-state index is 12.0. The number of benzene rings is 1. The Morgan fingerprint density at radius 1 is 1.13 bits per heavy atom. The van der Waals surface area contributed by atoms with Crippen molar-refractivity contribution in [3.05, 3.63) is 57.8 Å². The van der Waals surface area contributed by atoms with Gasteiger partial charge in [0.1, 0.15) is 4.88 Å². The molecule has 2 aromatic rings. The fourth-order valence-electron chi connectivity index (χ4n) is 2.32. The molecule has 0 radical (unpaired) electrons. The van der Waals surface area contributed by atoms with Crippen LogP contribution in [0.3, 0.4) is 0 Å². The van der Waals surface area contributed by atoms with E-state index in [1.165, 1.54) is 16.9 Å². The van der Waals surface area contributed by atoms with Crippen molar-refractivity contribution in [2.24, 2.45) is 0 Å². The van der Waals surface area contributed by atoms with Gasteiger partial charge in [0.25, 0.3) is 0 Å². The van der Waals surface area contributed by atoms with Crippen molar-refractivity contribution in [1.82, 2.24) is 5.32 Å². The number of carboxylic acid groups (broad SMARTS) is 1. The first-order chi connectivity index (χ1) is 10.9. The Hall–Kier alpha value is -2.14. The maximum Gasteiger partial charge on any atom is 0.345 e. The molecule has 0 saturated carbocycles. The van der Waals surface area contributed by atoms with E-state index >= 15 is 0 Å². The van der Waals surface area contributed by atoms with Gasteiger partial charge in [0.15, 0.2) is 0 Å². The molecule has 0 bridgehead atoms. The van der Waals surface area contributed by atoms with Crippen LogP contribution in [0.25, 0.3) is 0 Å². The molecule has 5 heteroatoms. The summed E-state index contributed by atoms with van der Waals surface area (Å²) in [5.41, 5.74) is 1.16. The van der Waals surface area contributed by atoms with E-state index in [-0.39, 0.29) is 11.3 Å². The van der Waals surface area contributed by atoms with Gasteiger partial charge in [0, 0.05) is 11.3 Å². The highest BCUT2D eigenvalue weighted by atomic mass is 32.1. The summed E-state index contributed by atoms with van der Waals surface area (Å²) < 4.78 is 0. The first-order valence-corrected chi connectivity index (χ1v) is 8.34. The van der Waals surface area contributed by atoms with Gasteiger partial charge < -0.3 is 10.4 Å². The summed E-state index contributed by atoms with van der Waals surface area (Å²) >= 11 is 1.19. The Bertz CT molecular complexity index is 677.